The first kappa shape index (κ1) is 15.7. The van der Waals surface area contributed by atoms with Gasteiger partial charge in [0, 0.05) is 31.6 Å². The van der Waals surface area contributed by atoms with Crippen molar-refractivity contribution < 1.29 is 0 Å². The molecule has 108 valence electrons. The largest absolute Gasteiger partial charge is 0.370 e. The van der Waals surface area contributed by atoms with E-state index in [-0.39, 0.29) is 5.41 Å². The van der Waals surface area contributed by atoms with Crippen LogP contribution in [0.25, 0.3) is 0 Å². The van der Waals surface area contributed by atoms with Gasteiger partial charge in [-0.3, -0.25) is 0 Å². The summed E-state index contributed by atoms with van der Waals surface area (Å²) in [7, 11) is 2.10. The minimum Gasteiger partial charge on any atom is -0.370 e. The molecule has 0 saturated carbocycles. The van der Waals surface area contributed by atoms with E-state index >= 15 is 0 Å². The lowest BCUT2D eigenvalue weighted by atomic mass is 9.96. The van der Waals surface area contributed by atoms with E-state index < -0.39 is 0 Å². The van der Waals surface area contributed by atoms with Crippen LogP contribution in [0.3, 0.4) is 0 Å². The molecule has 0 radical (unpaired) electrons. The van der Waals surface area contributed by atoms with Gasteiger partial charge in [-0.05, 0) is 13.3 Å². The van der Waals surface area contributed by atoms with Crippen LogP contribution in [-0.4, -0.2) is 30.1 Å². The van der Waals surface area contributed by atoms with E-state index in [4.69, 9.17) is 4.98 Å². The summed E-state index contributed by atoms with van der Waals surface area (Å²) < 4.78 is 0. The SMILES string of the molecule is CCCCN(C)c1cc(NCC)nc(C(C)(C)C)n1. The van der Waals surface area contributed by atoms with Gasteiger partial charge in [0.1, 0.15) is 17.5 Å². The molecule has 0 fully saturated rings. The third-order valence-electron chi connectivity index (χ3n) is 2.98. The van der Waals surface area contributed by atoms with Gasteiger partial charge in [-0.15, -0.1) is 0 Å². The van der Waals surface area contributed by atoms with Gasteiger partial charge in [-0.2, -0.15) is 0 Å². The maximum atomic E-state index is 4.71. The Bertz CT molecular complexity index is 396. The summed E-state index contributed by atoms with van der Waals surface area (Å²) in [5.74, 6) is 2.81. The van der Waals surface area contributed by atoms with E-state index in [9.17, 15) is 0 Å². The molecule has 0 aliphatic rings. The predicted octanol–water partition coefficient (Wildman–Crippen LogP) is 3.44. The Kier molecular flexibility index (Phi) is 5.58. The molecule has 0 aliphatic heterocycles. The van der Waals surface area contributed by atoms with Gasteiger partial charge in [-0.25, -0.2) is 9.97 Å². The zero-order valence-electron chi connectivity index (χ0n) is 13.2. The van der Waals surface area contributed by atoms with Crippen LogP contribution in [0.5, 0.6) is 0 Å². The maximum absolute atomic E-state index is 4.71. The van der Waals surface area contributed by atoms with Gasteiger partial charge < -0.3 is 10.2 Å². The summed E-state index contributed by atoms with van der Waals surface area (Å²) in [5, 5.41) is 3.29. The van der Waals surface area contributed by atoms with E-state index in [1.807, 2.05) is 6.07 Å². The zero-order valence-corrected chi connectivity index (χ0v) is 13.2. The summed E-state index contributed by atoms with van der Waals surface area (Å²) >= 11 is 0. The summed E-state index contributed by atoms with van der Waals surface area (Å²) in [6.45, 7) is 12.6. The molecule has 0 amide bonds. The number of rotatable bonds is 6. The van der Waals surface area contributed by atoms with E-state index in [0.717, 1.165) is 30.5 Å². The van der Waals surface area contributed by atoms with Gasteiger partial charge in [0.2, 0.25) is 0 Å². The highest BCUT2D eigenvalue weighted by atomic mass is 15.2. The molecule has 4 heteroatoms. The first-order valence-electron chi connectivity index (χ1n) is 7.23. The minimum absolute atomic E-state index is 0.0359. The molecule has 1 rings (SSSR count). The molecule has 0 unspecified atom stereocenters. The van der Waals surface area contributed by atoms with Crippen molar-refractivity contribution in [2.75, 3.05) is 30.4 Å². The summed E-state index contributed by atoms with van der Waals surface area (Å²) in [5.41, 5.74) is -0.0359. The normalized spacial score (nSPS) is 11.5. The fraction of sp³-hybridized carbons (Fsp3) is 0.733. The van der Waals surface area contributed by atoms with Crippen molar-refractivity contribution in [3.8, 4) is 0 Å². The first-order chi connectivity index (χ1) is 8.88. The minimum atomic E-state index is -0.0359. The number of aromatic nitrogens is 2. The Hall–Kier alpha value is -1.32. The molecule has 0 bridgehead atoms. The molecule has 0 aliphatic carbocycles. The molecule has 4 nitrogen and oxygen atoms in total. The third kappa shape index (κ3) is 4.69. The monoisotopic (exact) mass is 264 g/mol. The van der Waals surface area contributed by atoms with Crippen molar-refractivity contribution in [1.82, 2.24) is 9.97 Å². The molecular weight excluding hydrogens is 236 g/mol. The predicted molar refractivity (Wildman–Crippen MR) is 83.1 cm³/mol. The first-order valence-corrected chi connectivity index (χ1v) is 7.23. The van der Waals surface area contributed by atoms with E-state index in [1.54, 1.807) is 0 Å². The fourth-order valence-corrected chi connectivity index (χ4v) is 1.75. The third-order valence-corrected chi connectivity index (χ3v) is 2.98. The molecule has 1 aromatic rings. The summed E-state index contributed by atoms with van der Waals surface area (Å²) in [6, 6.07) is 2.04. The van der Waals surface area contributed by atoms with Crippen molar-refractivity contribution in [1.29, 1.82) is 0 Å². The Morgan fingerprint density at radius 3 is 2.42 bits per heavy atom. The average molecular weight is 264 g/mol. The molecule has 1 N–H and O–H groups in total. The number of nitrogens with one attached hydrogen (secondary N) is 1. The lowest BCUT2D eigenvalue weighted by molar-refractivity contribution is 0.545. The van der Waals surface area contributed by atoms with Crippen LogP contribution in [0.4, 0.5) is 11.6 Å². The molecule has 1 heterocycles. The smallest absolute Gasteiger partial charge is 0.138 e. The molecule has 0 aromatic carbocycles. The van der Waals surface area contributed by atoms with Crippen LogP contribution in [0.15, 0.2) is 6.07 Å². The summed E-state index contributed by atoms with van der Waals surface area (Å²) in [6.07, 6.45) is 2.38. The van der Waals surface area contributed by atoms with Gasteiger partial charge in [0.05, 0.1) is 0 Å². The highest BCUT2D eigenvalue weighted by molar-refractivity contribution is 5.49. The molecule has 0 atom stereocenters. The van der Waals surface area contributed by atoms with Crippen LogP contribution in [0.1, 0.15) is 53.3 Å². The maximum Gasteiger partial charge on any atom is 0.138 e. The van der Waals surface area contributed by atoms with Crippen LogP contribution in [0.2, 0.25) is 0 Å². The number of anilines is 2. The van der Waals surface area contributed by atoms with Gasteiger partial charge >= 0.3 is 0 Å². The van der Waals surface area contributed by atoms with Crippen LogP contribution in [-0.2, 0) is 5.41 Å². The van der Waals surface area contributed by atoms with Crippen LogP contribution >= 0.6 is 0 Å². The van der Waals surface area contributed by atoms with E-state index in [0.29, 0.717) is 0 Å². The standard InChI is InChI=1S/C15H28N4/c1-7-9-10-19(6)13-11-12(16-8-2)17-14(18-13)15(3,4)5/h11H,7-10H2,1-6H3,(H,16,17,18). The highest BCUT2D eigenvalue weighted by Crippen LogP contribution is 2.23. The molecule has 0 spiro atoms. The Labute approximate surface area is 117 Å². The second-order valence-corrected chi connectivity index (χ2v) is 5.99. The van der Waals surface area contributed by atoms with E-state index in [1.165, 1.54) is 12.8 Å². The highest BCUT2D eigenvalue weighted by Gasteiger charge is 2.19. The number of unbranched alkanes of at least 4 members (excludes halogenated alkanes) is 1. The topological polar surface area (TPSA) is 41.0 Å². The Balaban J connectivity index is 3.05. The lowest BCUT2D eigenvalue weighted by Gasteiger charge is -2.23. The molecule has 0 saturated heterocycles. The average Bonchev–Trinajstić information content (AvgIpc) is 2.35. The Morgan fingerprint density at radius 1 is 1.21 bits per heavy atom. The molecule has 19 heavy (non-hydrogen) atoms. The zero-order chi connectivity index (χ0) is 14.5. The fourth-order valence-electron chi connectivity index (χ4n) is 1.75. The van der Waals surface area contributed by atoms with Crippen molar-refractivity contribution in [2.45, 2.75) is 52.9 Å². The van der Waals surface area contributed by atoms with Crippen molar-refractivity contribution in [2.24, 2.45) is 0 Å². The van der Waals surface area contributed by atoms with Crippen molar-refractivity contribution in [3.63, 3.8) is 0 Å². The second-order valence-electron chi connectivity index (χ2n) is 5.99. The molecule has 1 aromatic heterocycles. The second kappa shape index (κ2) is 6.73. The van der Waals surface area contributed by atoms with Gasteiger partial charge in [-0.1, -0.05) is 34.1 Å². The number of nitrogens with zero attached hydrogens (tertiary/aromatic N) is 3. The van der Waals surface area contributed by atoms with Crippen molar-refractivity contribution in [3.05, 3.63) is 11.9 Å². The van der Waals surface area contributed by atoms with Crippen LogP contribution in [0, 0.1) is 0 Å². The lowest BCUT2D eigenvalue weighted by Crippen LogP contribution is -2.24. The van der Waals surface area contributed by atoms with E-state index in [2.05, 4.69) is 56.9 Å². The van der Waals surface area contributed by atoms with Crippen molar-refractivity contribution >= 4 is 11.6 Å². The Morgan fingerprint density at radius 2 is 1.89 bits per heavy atom. The quantitative estimate of drug-likeness (QED) is 0.854. The number of hydrogen-bond acceptors (Lipinski definition) is 4. The molecular formula is C15H28N4. The van der Waals surface area contributed by atoms with Crippen LogP contribution < -0.4 is 10.2 Å². The van der Waals surface area contributed by atoms with Gasteiger partial charge in [0.25, 0.3) is 0 Å². The number of hydrogen-bond donors (Lipinski definition) is 1. The summed E-state index contributed by atoms with van der Waals surface area (Å²) in [4.78, 5) is 11.5. The van der Waals surface area contributed by atoms with Gasteiger partial charge in [0.15, 0.2) is 0 Å².